The smallest absolute Gasteiger partial charge is 0.326 e. The monoisotopic (exact) mass is 373 g/mol. The van der Waals surface area contributed by atoms with Crippen molar-refractivity contribution in [3.63, 3.8) is 0 Å². The van der Waals surface area contributed by atoms with Crippen molar-refractivity contribution in [2.75, 3.05) is 19.8 Å². The van der Waals surface area contributed by atoms with Crippen LogP contribution in [0, 0.1) is 0 Å². The Kier molecular flexibility index (Phi) is 6.47. The van der Waals surface area contributed by atoms with E-state index in [0.29, 0.717) is 26.4 Å². The normalized spacial score (nSPS) is 19.8. The summed E-state index contributed by atoms with van der Waals surface area (Å²) in [6.45, 7) is 5.99. The molecule has 1 aromatic carbocycles. The first-order valence-electron chi connectivity index (χ1n) is 9.34. The molecule has 27 heavy (non-hydrogen) atoms. The number of benzene rings is 1. The van der Waals surface area contributed by atoms with Gasteiger partial charge in [-0.3, -0.25) is 9.36 Å². The largest absolute Gasteiger partial charge is 0.379 e. The van der Waals surface area contributed by atoms with E-state index in [4.69, 9.17) is 9.47 Å². The molecule has 2 atom stereocenters. The van der Waals surface area contributed by atoms with Crippen LogP contribution in [0.4, 0.5) is 0 Å². The number of aromatic nitrogens is 2. The molecular formula is C20H27N3O4. The lowest BCUT2D eigenvalue weighted by Crippen LogP contribution is -2.50. The quantitative estimate of drug-likeness (QED) is 0.727. The molecule has 0 bridgehead atoms. The number of imidazole rings is 1. The highest BCUT2D eigenvalue weighted by molar-refractivity contribution is 5.77. The fourth-order valence-electron chi connectivity index (χ4n) is 3.21. The number of amides is 1. The summed E-state index contributed by atoms with van der Waals surface area (Å²) < 4.78 is 13.0. The van der Waals surface area contributed by atoms with E-state index in [-0.39, 0.29) is 30.2 Å². The van der Waals surface area contributed by atoms with E-state index >= 15 is 0 Å². The summed E-state index contributed by atoms with van der Waals surface area (Å²) in [4.78, 5) is 27.3. The summed E-state index contributed by atoms with van der Waals surface area (Å²) in [6.07, 6.45) is 2.94. The first kappa shape index (κ1) is 19.4. The van der Waals surface area contributed by atoms with Crippen LogP contribution in [-0.2, 0) is 20.8 Å². The van der Waals surface area contributed by atoms with Crippen LogP contribution in [0.15, 0.2) is 40.7 Å². The molecule has 1 aliphatic rings. The number of nitrogens with one attached hydrogen (secondary N) is 2. The third kappa shape index (κ3) is 5.08. The second-order valence-corrected chi connectivity index (χ2v) is 7.04. The number of aryl methyl sites for hydroxylation is 1. The number of carbonyl (C=O) groups is 1. The highest BCUT2D eigenvalue weighted by atomic mass is 16.5. The molecule has 2 heterocycles. The third-order valence-corrected chi connectivity index (χ3v) is 4.69. The topological polar surface area (TPSA) is 85.3 Å². The molecule has 1 aromatic heterocycles. The van der Waals surface area contributed by atoms with Crippen molar-refractivity contribution in [1.82, 2.24) is 14.9 Å². The molecule has 0 radical (unpaired) electrons. The maximum Gasteiger partial charge on any atom is 0.326 e. The summed E-state index contributed by atoms with van der Waals surface area (Å²) in [5.74, 6) is -0.113. The van der Waals surface area contributed by atoms with E-state index in [1.165, 1.54) is 5.57 Å². The van der Waals surface area contributed by atoms with Gasteiger partial charge < -0.3 is 19.8 Å². The summed E-state index contributed by atoms with van der Waals surface area (Å²) in [7, 11) is 0. The van der Waals surface area contributed by atoms with Crippen molar-refractivity contribution in [2.24, 2.45) is 0 Å². The number of nitrogens with zero attached hydrogens (tertiary/aromatic N) is 1. The Morgan fingerprint density at radius 2 is 2.22 bits per heavy atom. The highest BCUT2D eigenvalue weighted by Gasteiger charge is 2.27. The molecule has 3 rings (SSSR count). The van der Waals surface area contributed by atoms with Crippen molar-refractivity contribution in [3.8, 4) is 0 Å². The zero-order valence-electron chi connectivity index (χ0n) is 15.9. The fourth-order valence-corrected chi connectivity index (χ4v) is 3.21. The Bertz CT molecular complexity index is 863. The average molecular weight is 373 g/mol. The van der Waals surface area contributed by atoms with Crippen LogP contribution in [0.1, 0.15) is 26.7 Å². The van der Waals surface area contributed by atoms with Crippen LogP contribution in [-0.4, -0.2) is 47.4 Å². The van der Waals surface area contributed by atoms with E-state index in [0.717, 1.165) is 17.5 Å². The summed E-state index contributed by atoms with van der Waals surface area (Å²) >= 11 is 0. The van der Waals surface area contributed by atoms with Gasteiger partial charge in [0.15, 0.2) is 0 Å². The van der Waals surface area contributed by atoms with Crippen molar-refractivity contribution in [1.29, 1.82) is 0 Å². The number of carbonyl (C=O) groups excluding carboxylic acids is 1. The second-order valence-electron chi connectivity index (χ2n) is 7.04. The van der Waals surface area contributed by atoms with Crippen molar-refractivity contribution in [2.45, 2.75) is 45.4 Å². The molecule has 7 heteroatoms. The van der Waals surface area contributed by atoms with Crippen LogP contribution in [0.2, 0.25) is 0 Å². The standard InChI is InChI=1S/C20H27N3O4/c1-14(2)8-12-27-18-9-11-26-13-16(18)21-19(24)7-10-23-17-6-4-3-5-15(17)22-20(23)25/h3-6,8,16,18H,7,9-13H2,1-2H3,(H,21,24)(H,22,25)/t16-,18+/m0/s1. The van der Waals surface area contributed by atoms with Crippen LogP contribution >= 0.6 is 0 Å². The Labute approximate surface area is 158 Å². The van der Waals surface area contributed by atoms with Crippen LogP contribution < -0.4 is 11.0 Å². The fraction of sp³-hybridized carbons (Fsp3) is 0.500. The lowest BCUT2D eigenvalue weighted by atomic mass is 10.1. The lowest BCUT2D eigenvalue weighted by Gasteiger charge is -2.32. The molecular weight excluding hydrogens is 346 g/mol. The first-order valence-corrected chi connectivity index (χ1v) is 9.34. The first-order chi connectivity index (χ1) is 13.0. The molecule has 2 aromatic rings. The van der Waals surface area contributed by atoms with Gasteiger partial charge in [-0.1, -0.05) is 23.8 Å². The van der Waals surface area contributed by atoms with E-state index in [1.54, 1.807) is 4.57 Å². The Morgan fingerprint density at radius 1 is 1.41 bits per heavy atom. The van der Waals surface area contributed by atoms with Gasteiger partial charge in [0.2, 0.25) is 5.91 Å². The van der Waals surface area contributed by atoms with Gasteiger partial charge in [0.1, 0.15) is 0 Å². The Morgan fingerprint density at radius 3 is 3.04 bits per heavy atom. The molecule has 146 valence electrons. The molecule has 1 amide bonds. The maximum absolute atomic E-state index is 12.4. The van der Waals surface area contributed by atoms with Gasteiger partial charge in [-0.05, 0) is 32.4 Å². The Hall–Kier alpha value is -2.38. The SMILES string of the molecule is CC(C)=CCO[C@@H]1CCOC[C@@H]1NC(=O)CCn1c(=O)[nH]c2ccccc21. The zero-order chi connectivity index (χ0) is 19.2. The number of aromatic amines is 1. The van der Waals surface area contributed by atoms with Gasteiger partial charge in [0.05, 0.1) is 36.4 Å². The minimum atomic E-state index is -0.201. The molecule has 7 nitrogen and oxygen atoms in total. The molecule has 1 saturated heterocycles. The van der Waals surface area contributed by atoms with Gasteiger partial charge in [0, 0.05) is 19.6 Å². The minimum Gasteiger partial charge on any atom is -0.379 e. The van der Waals surface area contributed by atoms with Gasteiger partial charge in [-0.25, -0.2) is 4.79 Å². The number of allylic oxidation sites excluding steroid dienone is 1. The van der Waals surface area contributed by atoms with Gasteiger partial charge in [0.25, 0.3) is 0 Å². The lowest BCUT2D eigenvalue weighted by molar-refractivity contribution is -0.126. The number of rotatable bonds is 7. The second kappa shape index (κ2) is 9.01. The predicted octanol–water partition coefficient (Wildman–Crippen LogP) is 1.98. The zero-order valence-corrected chi connectivity index (χ0v) is 15.9. The predicted molar refractivity (Wildman–Crippen MR) is 104 cm³/mol. The number of para-hydroxylation sites is 2. The number of hydrogen-bond donors (Lipinski definition) is 2. The minimum absolute atomic E-state index is 0.0610. The molecule has 1 aliphatic heterocycles. The van der Waals surface area contributed by atoms with Crippen molar-refractivity contribution < 1.29 is 14.3 Å². The number of fused-ring (bicyclic) bond motifs is 1. The van der Waals surface area contributed by atoms with Crippen LogP contribution in [0.3, 0.4) is 0 Å². The summed E-state index contributed by atoms with van der Waals surface area (Å²) in [5.41, 5.74) is 2.58. The number of ether oxygens (including phenoxy) is 2. The molecule has 0 spiro atoms. The molecule has 0 saturated carbocycles. The summed E-state index contributed by atoms with van der Waals surface area (Å²) in [5, 5.41) is 3.00. The highest BCUT2D eigenvalue weighted by Crippen LogP contribution is 2.13. The van der Waals surface area contributed by atoms with E-state index in [1.807, 2.05) is 44.2 Å². The van der Waals surface area contributed by atoms with Crippen molar-refractivity contribution in [3.05, 3.63) is 46.4 Å². The summed E-state index contributed by atoms with van der Waals surface area (Å²) in [6, 6.07) is 7.29. The van der Waals surface area contributed by atoms with E-state index in [9.17, 15) is 9.59 Å². The van der Waals surface area contributed by atoms with Crippen molar-refractivity contribution >= 4 is 16.9 Å². The average Bonchev–Trinajstić information content (AvgIpc) is 2.96. The Balaban J connectivity index is 1.56. The number of H-pyrrole nitrogens is 1. The molecule has 1 fully saturated rings. The van der Waals surface area contributed by atoms with Gasteiger partial charge in [-0.15, -0.1) is 0 Å². The van der Waals surface area contributed by atoms with Crippen LogP contribution in [0.5, 0.6) is 0 Å². The molecule has 2 N–H and O–H groups in total. The maximum atomic E-state index is 12.4. The van der Waals surface area contributed by atoms with Crippen LogP contribution in [0.25, 0.3) is 11.0 Å². The third-order valence-electron chi connectivity index (χ3n) is 4.69. The molecule has 0 aliphatic carbocycles. The van der Waals surface area contributed by atoms with E-state index in [2.05, 4.69) is 10.3 Å². The van der Waals surface area contributed by atoms with Gasteiger partial charge >= 0.3 is 5.69 Å². The van der Waals surface area contributed by atoms with Gasteiger partial charge in [-0.2, -0.15) is 0 Å². The molecule has 0 unspecified atom stereocenters. The number of hydrogen-bond acceptors (Lipinski definition) is 4. The van der Waals surface area contributed by atoms with E-state index < -0.39 is 0 Å².